The Labute approximate surface area is 123 Å². The molecule has 104 valence electrons. The van der Waals surface area contributed by atoms with Crippen molar-refractivity contribution in [3.05, 3.63) is 28.8 Å². The molecule has 1 aliphatic carbocycles. The van der Waals surface area contributed by atoms with Crippen molar-refractivity contribution in [2.24, 2.45) is 0 Å². The van der Waals surface area contributed by atoms with Crippen LogP contribution in [-0.2, 0) is 0 Å². The van der Waals surface area contributed by atoms with Gasteiger partial charge in [0.1, 0.15) is 5.75 Å². The van der Waals surface area contributed by atoms with E-state index in [1.165, 1.54) is 12.1 Å². The van der Waals surface area contributed by atoms with Crippen LogP contribution < -0.4 is 0 Å². The average Bonchev–Trinajstić information content (AvgIpc) is 2.34. The van der Waals surface area contributed by atoms with E-state index >= 15 is 0 Å². The quantitative estimate of drug-likeness (QED) is 0.843. The molecule has 0 unspecified atom stereocenters. The minimum atomic E-state index is -0.158. The van der Waals surface area contributed by atoms with Crippen LogP contribution in [0.5, 0.6) is 5.75 Å². The highest BCUT2D eigenvalue weighted by atomic mass is 35.5. The summed E-state index contributed by atoms with van der Waals surface area (Å²) in [6, 6.07) is 4.82. The Morgan fingerprint density at radius 2 is 2.16 bits per heavy atom. The third kappa shape index (κ3) is 3.34. The van der Waals surface area contributed by atoms with Crippen LogP contribution in [0.4, 0.5) is 0 Å². The van der Waals surface area contributed by atoms with Gasteiger partial charge in [0.05, 0.1) is 5.56 Å². The number of hydrogen-bond acceptors (Lipinski definition) is 2. The van der Waals surface area contributed by atoms with Crippen LogP contribution in [0.1, 0.15) is 36.0 Å². The molecule has 0 spiro atoms. The van der Waals surface area contributed by atoms with Gasteiger partial charge in [-0.05, 0) is 43.9 Å². The zero-order chi connectivity index (χ0) is 13.8. The molecule has 0 bridgehead atoms. The molecule has 0 heterocycles. The Kier molecular flexibility index (Phi) is 4.94. The van der Waals surface area contributed by atoms with E-state index < -0.39 is 0 Å². The van der Waals surface area contributed by atoms with Crippen molar-refractivity contribution < 1.29 is 9.90 Å². The fourth-order valence-corrected chi connectivity index (χ4v) is 2.50. The van der Waals surface area contributed by atoms with E-state index in [9.17, 15) is 9.90 Å². The van der Waals surface area contributed by atoms with Gasteiger partial charge in [-0.1, -0.05) is 11.6 Å². The Balaban J connectivity index is 2.19. The predicted octanol–water partition coefficient (Wildman–Crippen LogP) is 3.67. The summed E-state index contributed by atoms with van der Waals surface area (Å²) in [5, 5.41) is 10.3. The normalized spacial score (nSPS) is 15.1. The fraction of sp³-hybridized carbons (Fsp3) is 0.500. The van der Waals surface area contributed by atoms with E-state index in [-0.39, 0.29) is 23.3 Å². The molecule has 19 heavy (non-hydrogen) atoms. The molecular formula is C14H17Cl2NO2. The van der Waals surface area contributed by atoms with E-state index in [2.05, 4.69) is 0 Å². The molecule has 1 saturated carbocycles. The molecule has 3 nitrogen and oxygen atoms in total. The number of phenols is 1. The predicted molar refractivity (Wildman–Crippen MR) is 77.1 cm³/mol. The van der Waals surface area contributed by atoms with Crippen LogP contribution in [0.15, 0.2) is 18.2 Å². The Morgan fingerprint density at radius 1 is 1.42 bits per heavy atom. The molecule has 1 amide bonds. The molecule has 1 aromatic rings. The van der Waals surface area contributed by atoms with Crippen LogP contribution in [0.25, 0.3) is 0 Å². The lowest BCUT2D eigenvalue weighted by Gasteiger charge is -2.37. The molecule has 0 saturated heterocycles. The van der Waals surface area contributed by atoms with Crippen molar-refractivity contribution in [1.82, 2.24) is 4.90 Å². The van der Waals surface area contributed by atoms with Gasteiger partial charge in [-0.25, -0.2) is 0 Å². The van der Waals surface area contributed by atoms with Crippen LogP contribution in [0, 0.1) is 0 Å². The molecule has 0 radical (unpaired) electrons. The van der Waals surface area contributed by atoms with Gasteiger partial charge >= 0.3 is 0 Å². The van der Waals surface area contributed by atoms with E-state index in [4.69, 9.17) is 23.2 Å². The Bertz CT molecular complexity index is 461. The monoisotopic (exact) mass is 301 g/mol. The number of carbonyl (C=O) groups is 1. The molecule has 5 heteroatoms. The summed E-state index contributed by atoms with van der Waals surface area (Å²) in [6.07, 6.45) is 3.95. The zero-order valence-electron chi connectivity index (χ0n) is 10.6. The number of phenolic OH excluding ortho intramolecular Hbond substituents is 1. The number of amides is 1. The first-order chi connectivity index (χ1) is 9.13. The maximum atomic E-state index is 12.5. The van der Waals surface area contributed by atoms with Crippen molar-refractivity contribution >= 4 is 29.1 Å². The first-order valence-corrected chi connectivity index (χ1v) is 7.40. The lowest BCUT2D eigenvalue weighted by molar-refractivity contribution is 0.0578. The topological polar surface area (TPSA) is 40.5 Å². The minimum Gasteiger partial charge on any atom is -0.507 e. The molecule has 0 atom stereocenters. The van der Waals surface area contributed by atoms with Gasteiger partial charge in [0.25, 0.3) is 5.91 Å². The number of benzene rings is 1. The van der Waals surface area contributed by atoms with Gasteiger partial charge < -0.3 is 10.0 Å². The van der Waals surface area contributed by atoms with Gasteiger partial charge in [0.2, 0.25) is 0 Å². The second-order valence-corrected chi connectivity index (χ2v) is 5.60. The number of halogens is 2. The van der Waals surface area contributed by atoms with Crippen molar-refractivity contribution in [3.63, 3.8) is 0 Å². The molecule has 0 aromatic heterocycles. The summed E-state index contributed by atoms with van der Waals surface area (Å²) in [5.41, 5.74) is 0.272. The fourth-order valence-electron chi connectivity index (χ4n) is 2.21. The van der Waals surface area contributed by atoms with Gasteiger partial charge in [-0.15, -0.1) is 11.6 Å². The highest BCUT2D eigenvalue weighted by Crippen LogP contribution is 2.29. The standard InChI is InChI=1S/C14H17Cl2NO2/c15-7-2-8-17(11-3-1-4-11)14(19)12-9-10(16)5-6-13(12)18/h5-6,9,11,18H,1-4,7-8H2. The third-order valence-corrected chi connectivity index (χ3v) is 4.00. The second-order valence-electron chi connectivity index (χ2n) is 4.79. The number of rotatable bonds is 5. The lowest BCUT2D eigenvalue weighted by atomic mass is 9.90. The van der Waals surface area contributed by atoms with Crippen LogP contribution in [-0.4, -0.2) is 34.4 Å². The summed E-state index contributed by atoms with van der Waals surface area (Å²) in [6.45, 7) is 0.624. The summed E-state index contributed by atoms with van der Waals surface area (Å²) < 4.78 is 0. The summed E-state index contributed by atoms with van der Waals surface area (Å²) in [4.78, 5) is 14.3. The molecule has 2 rings (SSSR count). The summed E-state index contributed by atoms with van der Waals surface area (Å²) in [5.74, 6) is 0.345. The molecule has 1 aromatic carbocycles. The zero-order valence-corrected chi connectivity index (χ0v) is 12.1. The van der Waals surface area contributed by atoms with Gasteiger partial charge in [-0.2, -0.15) is 0 Å². The third-order valence-electron chi connectivity index (χ3n) is 3.50. The van der Waals surface area contributed by atoms with Gasteiger partial charge in [0, 0.05) is 23.5 Å². The van der Waals surface area contributed by atoms with Crippen LogP contribution in [0.3, 0.4) is 0 Å². The highest BCUT2D eigenvalue weighted by molar-refractivity contribution is 6.31. The number of nitrogens with zero attached hydrogens (tertiary/aromatic N) is 1. The number of carbonyl (C=O) groups excluding carboxylic acids is 1. The maximum absolute atomic E-state index is 12.5. The first kappa shape index (κ1) is 14.5. The maximum Gasteiger partial charge on any atom is 0.257 e. The van der Waals surface area contributed by atoms with Crippen LogP contribution >= 0.6 is 23.2 Å². The molecule has 1 fully saturated rings. The Morgan fingerprint density at radius 3 is 2.74 bits per heavy atom. The molecule has 1 aliphatic rings. The van der Waals surface area contributed by atoms with E-state index in [1.54, 1.807) is 6.07 Å². The van der Waals surface area contributed by atoms with Crippen molar-refractivity contribution in [3.8, 4) is 5.75 Å². The van der Waals surface area contributed by atoms with Crippen molar-refractivity contribution in [1.29, 1.82) is 0 Å². The van der Waals surface area contributed by atoms with Gasteiger partial charge in [-0.3, -0.25) is 4.79 Å². The second kappa shape index (κ2) is 6.49. The van der Waals surface area contributed by atoms with E-state index in [1.807, 2.05) is 4.90 Å². The smallest absolute Gasteiger partial charge is 0.257 e. The Hall–Kier alpha value is -0.930. The van der Waals surface area contributed by atoms with Gasteiger partial charge in [0.15, 0.2) is 0 Å². The molecular weight excluding hydrogens is 285 g/mol. The average molecular weight is 302 g/mol. The number of hydrogen-bond donors (Lipinski definition) is 1. The first-order valence-electron chi connectivity index (χ1n) is 6.49. The highest BCUT2D eigenvalue weighted by Gasteiger charge is 2.30. The minimum absolute atomic E-state index is 0.0235. The largest absolute Gasteiger partial charge is 0.507 e. The SMILES string of the molecule is O=C(c1cc(Cl)ccc1O)N(CCCCl)C1CCC1. The van der Waals surface area contributed by atoms with E-state index in [0.29, 0.717) is 17.4 Å². The lowest BCUT2D eigenvalue weighted by Crippen LogP contribution is -2.44. The summed E-state index contributed by atoms with van der Waals surface area (Å²) >= 11 is 11.6. The van der Waals surface area contributed by atoms with Crippen molar-refractivity contribution in [2.75, 3.05) is 12.4 Å². The van der Waals surface area contributed by atoms with Crippen LogP contribution in [0.2, 0.25) is 5.02 Å². The number of alkyl halides is 1. The van der Waals surface area contributed by atoms with E-state index in [0.717, 1.165) is 25.7 Å². The summed E-state index contributed by atoms with van der Waals surface area (Å²) in [7, 11) is 0. The number of aromatic hydroxyl groups is 1. The van der Waals surface area contributed by atoms with Crippen molar-refractivity contribution in [2.45, 2.75) is 31.7 Å². The molecule has 1 N–H and O–H groups in total. The molecule has 0 aliphatic heterocycles.